The lowest BCUT2D eigenvalue weighted by Crippen LogP contribution is -2.30. The Labute approximate surface area is 392 Å². The molecule has 0 spiro atoms. The van der Waals surface area contributed by atoms with Crippen LogP contribution in [0.4, 0.5) is 0 Å². The Hall–Kier alpha value is -1.85. The van der Waals surface area contributed by atoms with Gasteiger partial charge in [0.05, 0.1) is 0 Å². The van der Waals surface area contributed by atoms with Crippen LogP contribution in [0.25, 0.3) is 0 Å². The molecule has 0 aliphatic carbocycles. The Morgan fingerprint density at radius 1 is 0.302 bits per heavy atom. The number of rotatable bonds is 52. The van der Waals surface area contributed by atoms with Gasteiger partial charge in [-0.05, 0) is 44.9 Å². The molecular formula is C57H108O6. The molecule has 0 aromatic rings. The number of carbonyl (C=O) groups is 3. The smallest absolute Gasteiger partial charge is 0.306 e. The number of carbonyl (C=O) groups excluding carboxylic acids is 3. The number of hydrogen-bond acceptors (Lipinski definition) is 6. The van der Waals surface area contributed by atoms with E-state index in [9.17, 15) is 14.4 Å². The summed E-state index contributed by atoms with van der Waals surface area (Å²) >= 11 is 0. The summed E-state index contributed by atoms with van der Waals surface area (Å²) in [7, 11) is 0. The van der Waals surface area contributed by atoms with Crippen molar-refractivity contribution < 1.29 is 28.6 Å². The van der Waals surface area contributed by atoms with Crippen LogP contribution < -0.4 is 0 Å². The van der Waals surface area contributed by atoms with Crippen molar-refractivity contribution in [3.8, 4) is 0 Å². The molecule has 0 aliphatic heterocycles. The maximum Gasteiger partial charge on any atom is 0.306 e. The molecule has 0 aromatic heterocycles. The Morgan fingerprint density at radius 2 is 0.524 bits per heavy atom. The van der Waals surface area contributed by atoms with Crippen LogP contribution in [-0.4, -0.2) is 37.2 Å². The molecule has 0 fully saturated rings. The number of allylic oxidation sites excluding steroid dienone is 2. The van der Waals surface area contributed by atoms with Gasteiger partial charge in [0, 0.05) is 19.3 Å². The van der Waals surface area contributed by atoms with Gasteiger partial charge in [-0.3, -0.25) is 14.4 Å². The van der Waals surface area contributed by atoms with Crippen molar-refractivity contribution >= 4 is 17.9 Å². The highest BCUT2D eigenvalue weighted by Crippen LogP contribution is 2.17. The van der Waals surface area contributed by atoms with Crippen LogP contribution in [0.3, 0.4) is 0 Å². The number of ether oxygens (including phenoxy) is 3. The van der Waals surface area contributed by atoms with E-state index in [1.807, 2.05) is 0 Å². The van der Waals surface area contributed by atoms with Gasteiger partial charge in [0.1, 0.15) is 13.2 Å². The lowest BCUT2D eigenvalue weighted by Gasteiger charge is -2.18. The third-order valence-corrected chi connectivity index (χ3v) is 12.8. The summed E-state index contributed by atoms with van der Waals surface area (Å²) in [5, 5.41) is 0. The molecule has 0 saturated heterocycles. The Bertz CT molecular complexity index is 978. The molecule has 0 amide bonds. The summed E-state index contributed by atoms with van der Waals surface area (Å²) in [6, 6.07) is 0. The third kappa shape index (κ3) is 51.0. The molecule has 0 rings (SSSR count). The van der Waals surface area contributed by atoms with Crippen LogP contribution in [-0.2, 0) is 28.6 Å². The van der Waals surface area contributed by atoms with Gasteiger partial charge in [0.2, 0.25) is 0 Å². The first-order valence-corrected chi connectivity index (χ1v) is 28.2. The molecule has 6 heteroatoms. The zero-order valence-corrected chi connectivity index (χ0v) is 42.6. The van der Waals surface area contributed by atoms with E-state index in [1.54, 1.807) is 0 Å². The van der Waals surface area contributed by atoms with Gasteiger partial charge < -0.3 is 14.2 Å². The molecular weight excluding hydrogens is 781 g/mol. The summed E-state index contributed by atoms with van der Waals surface area (Å²) in [6.07, 6.45) is 59.1. The first kappa shape index (κ1) is 61.1. The van der Waals surface area contributed by atoms with Crippen LogP contribution in [0.5, 0.6) is 0 Å². The lowest BCUT2D eigenvalue weighted by molar-refractivity contribution is -0.167. The molecule has 0 saturated carbocycles. The molecule has 0 N–H and O–H groups in total. The molecule has 6 nitrogen and oxygen atoms in total. The molecule has 0 aromatic carbocycles. The quantitative estimate of drug-likeness (QED) is 0.0262. The highest BCUT2D eigenvalue weighted by Gasteiger charge is 2.19. The van der Waals surface area contributed by atoms with Gasteiger partial charge in [0.15, 0.2) is 6.10 Å². The summed E-state index contributed by atoms with van der Waals surface area (Å²) in [6.45, 7) is 6.68. The standard InChI is InChI=1S/C57H108O6/c1-4-7-10-13-16-19-22-24-26-27-28-29-31-32-35-38-41-44-47-50-56(59)62-53-54(52-61-55(58)49-46-43-40-37-34-21-18-15-12-9-6-3)63-57(60)51-48-45-42-39-36-33-30-25-23-20-17-14-11-8-5-2/h27-28,54H,4-26,29-53H2,1-3H3/b28-27-/t54-/m1/s1. The van der Waals surface area contributed by atoms with Gasteiger partial charge in [-0.1, -0.05) is 264 Å². The third-order valence-electron chi connectivity index (χ3n) is 12.8. The fourth-order valence-corrected chi connectivity index (χ4v) is 8.50. The average Bonchev–Trinajstić information content (AvgIpc) is 3.28. The largest absolute Gasteiger partial charge is 0.462 e. The van der Waals surface area contributed by atoms with Gasteiger partial charge >= 0.3 is 17.9 Å². The number of hydrogen-bond donors (Lipinski definition) is 0. The van der Waals surface area contributed by atoms with Crippen LogP contribution in [0, 0.1) is 0 Å². The van der Waals surface area contributed by atoms with Crippen LogP contribution in [0.1, 0.15) is 316 Å². The zero-order valence-electron chi connectivity index (χ0n) is 42.6. The Kier molecular flexibility index (Phi) is 51.2. The molecule has 0 bridgehead atoms. The second-order valence-electron chi connectivity index (χ2n) is 19.2. The summed E-state index contributed by atoms with van der Waals surface area (Å²) in [5.74, 6) is -0.849. The first-order valence-electron chi connectivity index (χ1n) is 28.2. The van der Waals surface area contributed by atoms with E-state index in [2.05, 4.69) is 32.9 Å². The van der Waals surface area contributed by atoms with E-state index in [1.165, 1.54) is 218 Å². The average molecular weight is 889 g/mol. The highest BCUT2D eigenvalue weighted by atomic mass is 16.6. The van der Waals surface area contributed by atoms with Crippen LogP contribution in [0.2, 0.25) is 0 Å². The summed E-state index contributed by atoms with van der Waals surface area (Å²) in [4.78, 5) is 38.0. The minimum Gasteiger partial charge on any atom is -0.462 e. The lowest BCUT2D eigenvalue weighted by atomic mass is 10.0. The van der Waals surface area contributed by atoms with Gasteiger partial charge in [0.25, 0.3) is 0 Å². The normalized spacial score (nSPS) is 12.0. The molecule has 372 valence electrons. The SMILES string of the molecule is CCCCCCCCCC/C=C\CCCCCCCCCC(=O)OC[C@@H](COC(=O)CCCCCCCCCCCCC)OC(=O)CCCCCCCCCCCCCCCCC. The predicted octanol–water partition coefficient (Wildman–Crippen LogP) is 18.5. The number of esters is 3. The molecule has 63 heavy (non-hydrogen) atoms. The minimum absolute atomic E-state index is 0.0657. The van der Waals surface area contributed by atoms with Crippen molar-refractivity contribution in [1.82, 2.24) is 0 Å². The van der Waals surface area contributed by atoms with E-state index in [0.717, 1.165) is 57.8 Å². The second-order valence-corrected chi connectivity index (χ2v) is 19.2. The fourth-order valence-electron chi connectivity index (χ4n) is 8.50. The summed E-state index contributed by atoms with van der Waals surface area (Å²) in [5.41, 5.74) is 0. The molecule has 0 radical (unpaired) electrons. The van der Waals surface area contributed by atoms with Gasteiger partial charge in [-0.25, -0.2) is 0 Å². The predicted molar refractivity (Wildman–Crippen MR) is 270 cm³/mol. The molecule has 0 unspecified atom stereocenters. The van der Waals surface area contributed by atoms with Gasteiger partial charge in [-0.15, -0.1) is 0 Å². The second kappa shape index (κ2) is 52.8. The van der Waals surface area contributed by atoms with E-state index in [4.69, 9.17) is 14.2 Å². The number of unbranched alkanes of at least 4 members (excludes halogenated alkanes) is 39. The van der Waals surface area contributed by atoms with Crippen molar-refractivity contribution in [3.63, 3.8) is 0 Å². The Morgan fingerprint density at radius 3 is 0.794 bits per heavy atom. The highest BCUT2D eigenvalue weighted by molar-refractivity contribution is 5.71. The van der Waals surface area contributed by atoms with Crippen molar-refractivity contribution in [1.29, 1.82) is 0 Å². The molecule has 0 aliphatic rings. The fraction of sp³-hybridized carbons (Fsp3) is 0.912. The molecule has 1 atom stereocenters. The van der Waals surface area contributed by atoms with E-state index in [-0.39, 0.29) is 31.1 Å². The van der Waals surface area contributed by atoms with E-state index < -0.39 is 6.10 Å². The van der Waals surface area contributed by atoms with Crippen molar-refractivity contribution in [3.05, 3.63) is 12.2 Å². The first-order chi connectivity index (χ1) is 31.0. The maximum atomic E-state index is 12.8. The topological polar surface area (TPSA) is 78.9 Å². The zero-order chi connectivity index (χ0) is 45.8. The minimum atomic E-state index is -0.765. The Balaban J connectivity index is 4.28. The van der Waals surface area contributed by atoms with E-state index in [0.29, 0.717) is 19.3 Å². The van der Waals surface area contributed by atoms with Crippen molar-refractivity contribution in [2.75, 3.05) is 13.2 Å². The van der Waals surface area contributed by atoms with E-state index >= 15 is 0 Å². The van der Waals surface area contributed by atoms with Crippen LogP contribution >= 0.6 is 0 Å². The maximum absolute atomic E-state index is 12.8. The van der Waals surface area contributed by atoms with Gasteiger partial charge in [-0.2, -0.15) is 0 Å². The van der Waals surface area contributed by atoms with Crippen molar-refractivity contribution in [2.24, 2.45) is 0 Å². The van der Waals surface area contributed by atoms with Crippen molar-refractivity contribution in [2.45, 2.75) is 322 Å². The summed E-state index contributed by atoms with van der Waals surface area (Å²) < 4.78 is 16.8. The van der Waals surface area contributed by atoms with Crippen LogP contribution in [0.15, 0.2) is 12.2 Å². The molecule has 0 heterocycles. The monoisotopic (exact) mass is 889 g/mol.